The average Bonchev–Trinajstić information content (AvgIpc) is 3.13. The second-order valence-electron chi connectivity index (χ2n) is 10.7. The number of allylic oxidation sites excluding steroid dienone is 1. The van der Waals surface area contributed by atoms with E-state index >= 15 is 0 Å². The number of hydrogen-bond donors (Lipinski definition) is 0. The number of fused-ring (bicyclic) bond motifs is 1. The van der Waals surface area contributed by atoms with Gasteiger partial charge in [0, 0.05) is 25.7 Å². The largest absolute Gasteiger partial charge is 1.00 e. The van der Waals surface area contributed by atoms with Gasteiger partial charge in [0.15, 0.2) is 0 Å². The van der Waals surface area contributed by atoms with Gasteiger partial charge in [-0.25, -0.2) is 4.98 Å². The minimum absolute atomic E-state index is 0. The summed E-state index contributed by atoms with van der Waals surface area (Å²) in [5.74, 6) is -0.906. The summed E-state index contributed by atoms with van der Waals surface area (Å²) in [5, 5.41) is 11.6. The number of carbonyl (C=O) groups is 1. The number of aromatic nitrogens is 1. The molecule has 0 N–H and O–H groups in total. The fourth-order valence-corrected chi connectivity index (χ4v) is 5.87. The zero-order valence-corrected chi connectivity index (χ0v) is 25.8. The Kier molecular flexibility index (Phi) is 10.5. The quantitative estimate of drug-likeness (QED) is 0.283. The number of methoxy groups -OCH3 is 1. The molecule has 0 bridgehead atoms. The van der Waals surface area contributed by atoms with E-state index in [2.05, 4.69) is 9.88 Å². The standard InChI is InChI=1S/C32H32F4N2O3.Na/c1-41-29-17-25(16-28(37-29)32(34,35)36)26-5-2-4-23-15-24(31(39)40)10-11-27(23)30(26)22-8-6-20(7-9-22)14-21-18-38(19-21)13-3-12-33;/h6-11,15-17,21H,2-5,12-14,18-19H2,1H3,(H,39,40);/q;+1/p-1. The van der Waals surface area contributed by atoms with Crippen molar-refractivity contribution in [2.45, 2.75) is 38.3 Å². The summed E-state index contributed by atoms with van der Waals surface area (Å²) in [6, 6.07) is 15.4. The number of rotatable bonds is 9. The van der Waals surface area contributed by atoms with Gasteiger partial charge in [0.1, 0.15) is 5.69 Å². The monoisotopic (exact) mass is 590 g/mol. The summed E-state index contributed by atoms with van der Waals surface area (Å²) in [7, 11) is 1.28. The third-order valence-electron chi connectivity index (χ3n) is 7.84. The first-order chi connectivity index (χ1) is 19.7. The van der Waals surface area contributed by atoms with Crippen LogP contribution in [0.25, 0.3) is 11.1 Å². The normalized spacial score (nSPS) is 15.8. The van der Waals surface area contributed by atoms with Crippen LogP contribution in [-0.2, 0) is 19.0 Å². The number of pyridine rings is 1. The summed E-state index contributed by atoms with van der Waals surface area (Å²) in [5.41, 5.74) is 4.43. The maximum absolute atomic E-state index is 13.8. The summed E-state index contributed by atoms with van der Waals surface area (Å²) in [6.07, 6.45) is -1.54. The van der Waals surface area contributed by atoms with E-state index in [4.69, 9.17) is 4.74 Å². The molecular formula is C32H31F4N2NaO3. The Hall–Kier alpha value is -2.72. The summed E-state index contributed by atoms with van der Waals surface area (Å²) in [6.45, 7) is 2.35. The predicted molar refractivity (Wildman–Crippen MR) is 146 cm³/mol. The minimum Gasteiger partial charge on any atom is -0.545 e. The van der Waals surface area contributed by atoms with Gasteiger partial charge in [0.2, 0.25) is 5.88 Å². The van der Waals surface area contributed by atoms with Crippen LogP contribution >= 0.6 is 0 Å². The Bertz CT molecular complexity index is 1450. The molecule has 1 aliphatic heterocycles. The van der Waals surface area contributed by atoms with E-state index in [0.717, 1.165) is 59.9 Å². The van der Waals surface area contributed by atoms with E-state index in [1.165, 1.54) is 19.2 Å². The number of carboxylic acid groups (broad SMARTS) is 1. The van der Waals surface area contributed by atoms with E-state index < -0.39 is 17.8 Å². The zero-order valence-electron chi connectivity index (χ0n) is 23.8. The van der Waals surface area contributed by atoms with Crippen molar-refractivity contribution in [1.29, 1.82) is 0 Å². The molecule has 2 heterocycles. The van der Waals surface area contributed by atoms with Crippen molar-refractivity contribution in [3.8, 4) is 5.88 Å². The van der Waals surface area contributed by atoms with Crippen LogP contribution in [0.2, 0.25) is 0 Å². The summed E-state index contributed by atoms with van der Waals surface area (Å²) in [4.78, 5) is 17.4. The first kappa shape index (κ1) is 32.2. The van der Waals surface area contributed by atoms with Gasteiger partial charge in [-0.2, -0.15) is 13.2 Å². The van der Waals surface area contributed by atoms with Crippen molar-refractivity contribution >= 4 is 17.1 Å². The molecule has 0 spiro atoms. The Morgan fingerprint density at radius 3 is 2.43 bits per heavy atom. The Morgan fingerprint density at radius 1 is 1.05 bits per heavy atom. The average molecular weight is 591 g/mol. The van der Waals surface area contributed by atoms with Crippen LogP contribution in [-0.4, -0.2) is 49.3 Å². The number of likely N-dealkylation sites (tertiary alicyclic amines) is 1. The maximum atomic E-state index is 13.8. The summed E-state index contributed by atoms with van der Waals surface area (Å²) < 4.78 is 58.9. The van der Waals surface area contributed by atoms with Gasteiger partial charge < -0.3 is 19.5 Å². The molecule has 5 rings (SSSR count). The smallest absolute Gasteiger partial charge is 0.545 e. The van der Waals surface area contributed by atoms with E-state index in [9.17, 15) is 27.5 Å². The first-order valence-corrected chi connectivity index (χ1v) is 13.8. The Morgan fingerprint density at radius 2 is 1.79 bits per heavy atom. The van der Waals surface area contributed by atoms with Gasteiger partial charge in [-0.05, 0) is 94.7 Å². The molecule has 0 amide bonds. The number of hydrogen-bond acceptors (Lipinski definition) is 5. The van der Waals surface area contributed by atoms with Crippen molar-refractivity contribution in [1.82, 2.24) is 9.88 Å². The van der Waals surface area contributed by atoms with Crippen LogP contribution in [0.5, 0.6) is 5.88 Å². The third-order valence-corrected chi connectivity index (χ3v) is 7.84. The number of halogens is 4. The molecule has 0 radical (unpaired) electrons. The molecule has 1 fully saturated rings. The fourth-order valence-electron chi connectivity index (χ4n) is 5.87. The molecule has 10 heteroatoms. The van der Waals surface area contributed by atoms with Crippen LogP contribution < -0.4 is 39.4 Å². The third kappa shape index (κ3) is 7.25. The van der Waals surface area contributed by atoms with Crippen molar-refractivity contribution < 1.29 is 61.8 Å². The SMILES string of the molecule is COc1cc(C2=C(c3ccc(CC4CN(CCCF)C4)cc3)c3ccc(C(=O)[O-])cc3CCC2)cc(C(F)(F)F)n1.[Na+]. The second kappa shape index (κ2) is 13.7. The van der Waals surface area contributed by atoms with Crippen LogP contribution in [0.1, 0.15) is 63.1 Å². The van der Waals surface area contributed by atoms with E-state index in [1.54, 1.807) is 12.1 Å². The van der Waals surface area contributed by atoms with Crippen LogP contribution in [0, 0.1) is 5.92 Å². The van der Waals surface area contributed by atoms with Crippen molar-refractivity contribution in [3.05, 3.63) is 93.7 Å². The number of nitrogens with zero attached hydrogens (tertiary/aromatic N) is 2. The number of aromatic carboxylic acids is 1. The molecule has 1 saturated heterocycles. The van der Waals surface area contributed by atoms with Crippen molar-refractivity contribution in [2.24, 2.45) is 5.92 Å². The molecular weight excluding hydrogens is 559 g/mol. The number of aryl methyl sites for hydroxylation is 1. The van der Waals surface area contributed by atoms with Gasteiger partial charge in [0.05, 0.1) is 19.8 Å². The molecule has 0 atom stereocenters. The Balaban J connectivity index is 0.00000405. The zero-order chi connectivity index (χ0) is 29.1. The Labute approximate surface area is 264 Å². The topological polar surface area (TPSA) is 65.5 Å². The van der Waals surface area contributed by atoms with Crippen molar-refractivity contribution in [3.63, 3.8) is 0 Å². The molecule has 1 aromatic heterocycles. The second-order valence-corrected chi connectivity index (χ2v) is 10.7. The van der Waals surface area contributed by atoms with Gasteiger partial charge >= 0.3 is 35.7 Å². The maximum Gasteiger partial charge on any atom is 1.00 e. The van der Waals surface area contributed by atoms with E-state index in [0.29, 0.717) is 42.7 Å². The van der Waals surface area contributed by atoms with Crippen LogP contribution in [0.15, 0.2) is 54.6 Å². The molecule has 3 aromatic rings. The molecule has 2 aliphatic rings. The fraction of sp³-hybridized carbons (Fsp3) is 0.375. The molecule has 216 valence electrons. The number of alkyl halides is 4. The van der Waals surface area contributed by atoms with Gasteiger partial charge in [0.25, 0.3) is 0 Å². The number of carboxylic acids is 1. The minimum atomic E-state index is -4.65. The van der Waals surface area contributed by atoms with Gasteiger partial charge in [-0.15, -0.1) is 0 Å². The van der Waals surface area contributed by atoms with Crippen LogP contribution in [0.3, 0.4) is 0 Å². The number of carbonyl (C=O) groups excluding carboxylic acids is 1. The molecule has 42 heavy (non-hydrogen) atoms. The number of ether oxygens (including phenoxy) is 1. The van der Waals surface area contributed by atoms with Gasteiger partial charge in [-0.3, -0.25) is 4.39 Å². The molecule has 0 unspecified atom stereocenters. The molecule has 2 aromatic carbocycles. The first-order valence-electron chi connectivity index (χ1n) is 13.8. The molecule has 0 saturated carbocycles. The van der Waals surface area contributed by atoms with E-state index in [1.807, 2.05) is 24.3 Å². The molecule has 1 aliphatic carbocycles. The van der Waals surface area contributed by atoms with Crippen molar-refractivity contribution in [2.75, 3.05) is 33.4 Å². The van der Waals surface area contributed by atoms with Gasteiger partial charge in [-0.1, -0.05) is 36.4 Å². The van der Waals surface area contributed by atoms with E-state index in [-0.39, 0.29) is 47.7 Å². The van der Waals surface area contributed by atoms with Crippen LogP contribution in [0.4, 0.5) is 17.6 Å². The molecule has 5 nitrogen and oxygen atoms in total. The summed E-state index contributed by atoms with van der Waals surface area (Å²) >= 11 is 0. The predicted octanol–water partition coefficient (Wildman–Crippen LogP) is 2.61. The number of benzene rings is 2.